The highest BCUT2D eigenvalue weighted by molar-refractivity contribution is 7.20. The zero-order valence-corrected chi connectivity index (χ0v) is 11.4. The van der Waals surface area contributed by atoms with Crippen LogP contribution in [0.4, 0.5) is 5.13 Å². The van der Waals surface area contributed by atoms with Gasteiger partial charge in [-0.2, -0.15) is 0 Å². The maximum Gasteiger partial charge on any atom is 0.214 e. The van der Waals surface area contributed by atoms with E-state index in [1.165, 1.54) is 4.88 Å². The van der Waals surface area contributed by atoms with E-state index in [1.54, 1.807) is 29.8 Å². The smallest absolute Gasteiger partial charge is 0.214 e. The zero-order valence-electron chi connectivity index (χ0n) is 9.79. The molecule has 3 aromatic rings. The molecule has 94 valence electrons. The fourth-order valence-electron chi connectivity index (χ4n) is 1.57. The lowest BCUT2D eigenvalue weighted by Gasteiger charge is -1.98. The summed E-state index contributed by atoms with van der Waals surface area (Å²) in [5, 5.41) is 10.5. The van der Waals surface area contributed by atoms with E-state index in [4.69, 9.17) is 4.74 Å². The third kappa shape index (κ3) is 2.24. The standard InChI is InChI=1S/C11H12N4OS2/c1-16-5-4-12-10-14-15-7-8(13-11(15)18-10)9-3-2-6-17-9/h2-3,6-7H,4-5H2,1H3,(H,12,14). The van der Waals surface area contributed by atoms with Crippen molar-refractivity contribution < 1.29 is 4.74 Å². The van der Waals surface area contributed by atoms with Gasteiger partial charge in [0.05, 0.1) is 17.7 Å². The summed E-state index contributed by atoms with van der Waals surface area (Å²) >= 11 is 3.23. The van der Waals surface area contributed by atoms with E-state index in [-0.39, 0.29) is 0 Å². The minimum Gasteiger partial charge on any atom is -0.383 e. The molecule has 0 radical (unpaired) electrons. The van der Waals surface area contributed by atoms with Gasteiger partial charge in [0, 0.05) is 13.7 Å². The van der Waals surface area contributed by atoms with Gasteiger partial charge in [-0.05, 0) is 11.4 Å². The molecule has 0 amide bonds. The molecule has 0 fully saturated rings. The van der Waals surface area contributed by atoms with E-state index in [0.717, 1.165) is 22.3 Å². The number of aromatic nitrogens is 3. The van der Waals surface area contributed by atoms with Gasteiger partial charge in [0.15, 0.2) is 0 Å². The number of ether oxygens (including phenoxy) is 1. The number of nitrogens with zero attached hydrogens (tertiary/aromatic N) is 3. The Labute approximate surface area is 112 Å². The Morgan fingerprint density at radius 2 is 2.44 bits per heavy atom. The Morgan fingerprint density at radius 3 is 3.17 bits per heavy atom. The summed E-state index contributed by atoms with van der Waals surface area (Å²) in [4.78, 5) is 6.63. The van der Waals surface area contributed by atoms with Crippen LogP contribution >= 0.6 is 22.7 Å². The van der Waals surface area contributed by atoms with Gasteiger partial charge in [-0.1, -0.05) is 17.4 Å². The van der Waals surface area contributed by atoms with E-state index < -0.39 is 0 Å². The van der Waals surface area contributed by atoms with Crippen LogP contribution in [0.25, 0.3) is 15.5 Å². The summed E-state index contributed by atoms with van der Waals surface area (Å²) in [5.41, 5.74) is 0.979. The quantitative estimate of drug-likeness (QED) is 0.730. The topological polar surface area (TPSA) is 51.5 Å². The van der Waals surface area contributed by atoms with E-state index in [1.807, 2.05) is 22.2 Å². The maximum atomic E-state index is 4.98. The molecule has 0 aliphatic carbocycles. The highest BCUT2D eigenvalue weighted by atomic mass is 32.1. The van der Waals surface area contributed by atoms with Gasteiger partial charge in [0.2, 0.25) is 10.1 Å². The van der Waals surface area contributed by atoms with Crippen LogP contribution in [0.5, 0.6) is 0 Å². The van der Waals surface area contributed by atoms with Crippen LogP contribution in [0, 0.1) is 0 Å². The van der Waals surface area contributed by atoms with E-state index in [2.05, 4.69) is 21.5 Å². The van der Waals surface area contributed by atoms with Crippen molar-refractivity contribution in [2.75, 3.05) is 25.6 Å². The normalized spacial score (nSPS) is 11.2. The van der Waals surface area contributed by atoms with Crippen LogP contribution in [-0.4, -0.2) is 34.9 Å². The van der Waals surface area contributed by atoms with Crippen molar-refractivity contribution in [2.24, 2.45) is 0 Å². The Hall–Kier alpha value is -1.44. The van der Waals surface area contributed by atoms with E-state index in [0.29, 0.717) is 6.61 Å². The number of rotatable bonds is 5. The molecule has 0 saturated heterocycles. The number of nitrogens with one attached hydrogen (secondary N) is 1. The second-order valence-corrected chi connectivity index (χ2v) is 5.56. The molecule has 0 atom stereocenters. The van der Waals surface area contributed by atoms with Gasteiger partial charge >= 0.3 is 0 Å². The molecule has 0 saturated carbocycles. The average molecular weight is 280 g/mol. The van der Waals surface area contributed by atoms with Gasteiger partial charge in [-0.15, -0.1) is 16.4 Å². The fourth-order valence-corrected chi connectivity index (χ4v) is 3.06. The molecule has 0 aromatic carbocycles. The van der Waals surface area contributed by atoms with Crippen LogP contribution in [0.2, 0.25) is 0 Å². The summed E-state index contributed by atoms with van der Waals surface area (Å²) in [6, 6.07) is 4.09. The molecule has 0 spiro atoms. The van der Waals surface area contributed by atoms with Crippen LogP contribution in [-0.2, 0) is 4.74 Å². The fraction of sp³-hybridized carbons (Fsp3) is 0.273. The van der Waals surface area contributed by atoms with Crippen molar-refractivity contribution in [3.8, 4) is 10.6 Å². The molecule has 18 heavy (non-hydrogen) atoms. The van der Waals surface area contributed by atoms with Crippen molar-refractivity contribution in [1.82, 2.24) is 14.6 Å². The molecule has 0 aliphatic rings. The number of fused-ring (bicyclic) bond motifs is 1. The number of hydrogen-bond acceptors (Lipinski definition) is 6. The maximum absolute atomic E-state index is 4.98. The largest absolute Gasteiger partial charge is 0.383 e. The number of methoxy groups -OCH3 is 1. The summed E-state index contributed by atoms with van der Waals surface area (Å²) in [5.74, 6) is 0. The van der Waals surface area contributed by atoms with Crippen LogP contribution in [0.1, 0.15) is 0 Å². The van der Waals surface area contributed by atoms with Crippen LogP contribution in [0.3, 0.4) is 0 Å². The third-order valence-corrected chi connectivity index (χ3v) is 4.17. The van der Waals surface area contributed by atoms with Crippen molar-refractivity contribution in [3.05, 3.63) is 23.7 Å². The molecule has 3 aromatic heterocycles. The lowest BCUT2D eigenvalue weighted by Crippen LogP contribution is -2.07. The lowest BCUT2D eigenvalue weighted by atomic mass is 10.4. The Balaban J connectivity index is 1.81. The molecule has 0 aliphatic heterocycles. The summed E-state index contributed by atoms with van der Waals surface area (Å²) < 4.78 is 6.79. The van der Waals surface area contributed by atoms with Crippen molar-refractivity contribution in [1.29, 1.82) is 0 Å². The average Bonchev–Trinajstić information content (AvgIpc) is 3.03. The molecule has 7 heteroatoms. The van der Waals surface area contributed by atoms with E-state index in [9.17, 15) is 0 Å². The monoisotopic (exact) mass is 280 g/mol. The van der Waals surface area contributed by atoms with Gasteiger partial charge < -0.3 is 10.1 Å². The first-order chi connectivity index (χ1) is 8.86. The van der Waals surface area contributed by atoms with Crippen molar-refractivity contribution >= 4 is 32.8 Å². The molecule has 0 bridgehead atoms. The Bertz CT molecular complexity index is 597. The predicted octanol–water partition coefficient (Wildman–Crippen LogP) is 2.58. The van der Waals surface area contributed by atoms with Gasteiger partial charge in [-0.25, -0.2) is 9.50 Å². The SMILES string of the molecule is COCCNc1nn2cc(-c3cccs3)nc2s1. The summed E-state index contributed by atoms with van der Waals surface area (Å²) in [6.07, 6.45) is 1.96. The first-order valence-electron chi connectivity index (χ1n) is 5.50. The van der Waals surface area contributed by atoms with Crippen molar-refractivity contribution in [2.45, 2.75) is 0 Å². The van der Waals surface area contributed by atoms with Gasteiger partial charge in [0.1, 0.15) is 5.69 Å². The minimum atomic E-state index is 0.669. The number of thiophene rings is 1. The first kappa shape index (κ1) is 11.6. The zero-order chi connectivity index (χ0) is 12.4. The number of anilines is 1. The molecular formula is C11H12N4OS2. The van der Waals surface area contributed by atoms with Crippen LogP contribution < -0.4 is 5.32 Å². The Kier molecular flexibility index (Phi) is 3.26. The highest BCUT2D eigenvalue weighted by Crippen LogP contribution is 2.27. The molecule has 3 heterocycles. The molecule has 0 unspecified atom stereocenters. The second kappa shape index (κ2) is 5.05. The molecule has 5 nitrogen and oxygen atoms in total. The van der Waals surface area contributed by atoms with Gasteiger partial charge in [-0.3, -0.25) is 0 Å². The van der Waals surface area contributed by atoms with Gasteiger partial charge in [0.25, 0.3) is 0 Å². The van der Waals surface area contributed by atoms with Crippen molar-refractivity contribution in [3.63, 3.8) is 0 Å². The highest BCUT2D eigenvalue weighted by Gasteiger charge is 2.09. The number of hydrogen-bond donors (Lipinski definition) is 1. The van der Waals surface area contributed by atoms with E-state index >= 15 is 0 Å². The predicted molar refractivity (Wildman–Crippen MR) is 74.5 cm³/mol. The summed E-state index contributed by atoms with van der Waals surface area (Å²) in [6.45, 7) is 1.42. The molecular weight excluding hydrogens is 268 g/mol. The van der Waals surface area contributed by atoms with Crippen LogP contribution in [0.15, 0.2) is 23.7 Å². The molecule has 1 N–H and O–H groups in total. The lowest BCUT2D eigenvalue weighted by molar-refractivity contribution is 0.210. The third-order valence-electron chi connectivity index (χ3n) is 2.40. The molecule has 3 rings (SSSR count). The Morgan fingerprint density at radius 1 is 1.50 bits per heavy atom. The minimum absolute atomic E-state index is 0.669. The second-order valence-electron chi connectivity index (χ2n) is 3.66. The number of imidazole rings is 1. The first-order valence-corrected chi connectivity index (χ1v) is 7.19. The summed E-state index contributed by atoms with van der Waals surface area (Å²) in [7, 11) is 1.68.